The number of nitrogens with two attached hydrogens (primary N) is 1. The number of hydrogen-bond acceptors (Lipinski definition) is 1. The number of rotatable bonds is 2. The van der Waals surface area contributed by atoms with Gasteiger partial charge in [0.15, 0.2) is 0 Å². The van der Waals surface area contributed by atoms with Gasteiger partial charge < -0.3 is 5.73 Å². The summed E-state index contributed by atoms with van der Waals surface area (Å²) in [5.41, 5.74) is 7.26. The van der Waals surface area contributed by atoms with E-state index in [1.54, 1.807) is 5.57 Å². The van der Waals surface area contributed by atoms with Crippen molar-refractivity contribution >= 4 is 0 Å². The Morgan fingerprint density at radius 2 is 1.19 bits per heavy atom. The van der Waals surface area contributed by atoms with Crippen LogP contribution in [-0.4, -0.2) is 6.54 Å². The zero-order valence-corrected chi connectivity index (χ0v) is 10.8. The third-order valence-corrected chi connectivity index (χ3v) is 3.60. The summed E-state index contributed by atoms with van der Waals surface area (Å²) in [7, 11) is 0. The van der Waals surface area contributed by atoms with E-state index in [2.05, 4.69) is 6.08 Å². The molecule has 16 heavy (non-hydrogen) atoms. The van der Waals surface area contributed by atoms with Gasteiger partial charge in [-0.15, -0.1) is 0 Å². The van der Waals surface area contributed by atoms with Crippen LogP contribution in [0, 0.1) is 0 Å². The van der Waals surface area contributed by atoms with E-state index >= 15 is 0 Å². The van der Waals surface area contributed by atoms with Gasteiger partial charge >= 0.3 is 0 Å². The van der Waals surface area contributed by atoms with Crippen LogP contribution in [0.25, 0.3) is 0 Å². The zero-order chi connectivity index (χ0) is 11.5. The van der Waals surface area contributed by atoms with E-state index in [4.69, 9.17) is 5.73 Å². The van der Waals surface area contributed by atoms with Gasteiger partial charge in [-0.05, 0) is 38.6 Å². The first-order chi connectivity index (χ1) is 7.93. The summed E-state index contributed by atoms with van der Waals surface area (Å²) in [4.78, 5) is 0. The lowest BCUT2D eigenvalue weighted by Crippen LogP contribution is -1.97. The molecule has 0 amide bonds. The molecule has 1 saturated carbocycles. The summed E-state index contributed by atoms with van der Waals surface area (Å²) < 4.78 is 0. The van der Waals surface area contributed by atoms with Gasteiger partial charge in [0.1, 0.15) is 0 Å². The van der Waals surface area contributed by atoms with Crippen LogP contribution in [0.15, 0.2) is 11.6 Å². The maximum Gasteiger partial charge on any atom is -0.00425 e. The van der Waals surface area contributed by atoms with Crippen LogP contribution in [0.4, 0.5) is 0 Å². The summed E-state index contributed by atoms with van der Waals surface area (Å²) in [5, 5.41) is 0. The molecule has 0 saturated heterocycles. The van der Waals surface area contributed by atoms with Crippen molar-refractivity contribution in [3.05, 3.63) is 11.6 Å². The number of allylic oxidation sites excluding steroid dienone is 1. The lowest BCUT2D eigenvalue weighted by Gasteiger charge is -2.10. The van der Waals surface area contributed by atoms with Gasteiger partial charge in [0.25, 0.3) is 0 Å². The summed E-state index contributed by atoms with van der Waals surface area (Å²) in [6.07, 6.45) is 19.1. The molecule has 0 spiro atoms. The third kappa shape index (κ3) is 7.05. The van der Waals surface area contributed by atoms with Crippen LogP contribution in [0.5, 0.6) is 0 Å². The predicted octanol–water partition coefficient (Wildman–Crippen LogP) is 4.57. The largest absolute Gasteiger partial charge is 0.330 e. The van der Waals surface area contributed by atoms with E-state index in [1.165, 1.54) is 70.6 Å². The second kappa shape index (κ2) is 9.89. The average Bonchev–Trinajstić information content (AvgIpc) is 2.28. The molecule has 1 nitrogen and oxygen atoms in total. The molecule has 1 heteroatoms. The van der Waals surface area contributed by atoms with Gasteiger partial charge in [-0.3, -0.25) is 0 Å². The second-order valence-electron chi connectivity index (χ2n) is 5.12. The van der Waals surface area contributed by atoms with Gasteiger partial charge in [-0.2, -0.15) is 0 Å². The molecule has 1 aliphatic carbocycles. The van der Waals surface area contributed by atoms with Crippen LogP contribution in [0.3, 0.4) is 0 Å². The minimum Gasteiger partial charge on any atom is -0.330 e. The maximum absolute atomic E-state index is 5.57. The Bertz CT molecular complexity index is 170. The standard InChI is InChI=1S/C15H29N/c16-14-10-13-15-11-8-6-4-2-1-3-5-7-9-12-15/h13H,1-12,14,16H2. The Kier molecular flexibility index (Phi) is 8.51. The zero-order valence-electron chi connectivity index (χ0n) is 10.8. The van der Waals surface area contributed by atoms with E-state index in [9.17, 15) is 0 Å². The molecule has 0 aromatic rings. The molecule has 0 heterocycles. The van der Waals surface area contributed by atoms with Crippen LogP contribution in [0.1, 0.15) is 77.0 Å². The monoisotopic (exact) mass is 223 g/mol. The SMILES string of the molecule is NCCC=C1CCCCCCCCCCC1. The third-order valence-electron chi connectivity index (χ3n) is 3.60. The van der Waals surface area contributed by atoms with Crippen molar-refractivity contribution in [3.8, 4) is 0 Å². The van der Waals surface area contributed by atoms with Gasteiger partial charge in [0, 0.05) is 0 Å². The molecule has 0 bridgehead atoms. The second-order valence-corrected chi connectivity index (χ2v) is 5.12. The molecule has 0 radical (unpaired) electrons. The van der Waals surface area contributed by atoms with Crippen LogP contribution in [-0.2, 0) is 0 Å². The molecule has 0 unspecified atom stereocenters. The maximum atomic E-state index is 5.57. The molecule has 1 rings (SSSR count). The predicted molar refractivity (Wildman–Crippen MR) is 72.5 cm³/mol. The summed E-state index contributed by atoms with van der Waals surface area (Å²) >= 11 is 0. The molecular formula is C15H29N. The van der Waals surface area contributed by atoms with E-state index in [0.717, 1.165) is 13.0 Å². The Labute approximate surface area is 101 Å². The van der Waals surface area contributed by atoms with Crippen molar-refractivity contribution in [2.45, 2.75) is 77.0 Å². The van der Waals surface area contributed by atoms with E-state index in [1.807, 2.05) is 0 Å². The lowest BCUT2D eigenvalue weighted by molar-refractivity contribution is 0.539. The summed E-state index contributed by atoms with van der Waals surface area (Å²) in [6.45, 7) is 0.809. The first kappa shape index (κ1) is 13.8. The first-order valence-electron chi connectivity index (χ1n) is 7.31. The minimum absolute atomic E-state index is 0.809. The highest BCUT2D eigenvalue weighted by Gasteiger charge is 2.01. The van der Waals surface area contributed by atoms with Gasteiger partial charge in [0.05, 0.1) is 0 Å². The van der Waals surface area contributed by atoms with Crippen molar-refractivity contribution in [1.82, 2.24) is 0 Å². The van der Waals surface area contributed by atoms with Gasteiger partial charge in [-0.25, -0.2) is 0 Å². The van der Waals surface area contributed by atoms with Crippen molar-refractivity contribution in [3.63, 3.8) is 0 Å². The Hall–Kier alpha value is -0.300. The molecule has 2 N–H and O–H groups in total. The van der Waals surface area contributed by atoms with E-state index in [-0.39, 0.29) is 0 Å². The quantitative estimate of drug-likeness (QED) is 0.682. The van der Waals surface area contributed by atoms with Crippen molar-refractivity contribution in [1.29, 1.82) is 0 Å². The average molecular weight is 223 g/mol. The number of hydrogen-bond donors (Lipinski definition) is 1. The molecule has 0 aromatic heterocycles. The van der Waals surface area contributed by atoms with Gasteiger partial charge in [-0.1, -0.05) is 56.6 Å². The Morgan fingerprint density at radius 1 is 0.750 bits per heavy atom. The van der Waals surface area contributed by atoms with E-state index in [0.29, 0.717) is 0 Å². The molecule has 1 aliphatic rings. The molecule has 0 atom stereocenters. The van der Waals surface area contributed by atoms with Crippen molar-refractivity contribution < 1.29 is 0 Å². The van der Waals surface area contributed by atoms with Gasteiger partial charge in [0.2, 0.25) is 0 Å². The molecule has 0 aromatic carbocycles. The fourth-order valence-electron chi connectivity index (χ4n) is 2.56. The molecule has 1 fully saturated rings. The smallest absolute Gasteiger partial charge is 0.00425 e. The normalized spacial score (nSPS) is 20.9. The van der Waals surface area contributed by atoms with Crippen molar-refractivity contribution in [2.75, 3.05) is 6.54 Å². The topological polar surface area (TPSA) is 26.0 Å². The fourth-order valence-corrected chi connectivity index (χ4v) is 2.56. The first-order valence-corrected chi connectivity index (χ1v) is 7.31. The summed E-state index contributed by atoms with van der Waals surface area (Å²) in [6, 6.07) is 0. The molecule has 94 valence electrons. The summed E-state index contributed by atoms with van der Waals surface area (Å²) in [5.74, 6) is 0. The fraction of sp³-hybridized carbons (Fsp3) is 0.867. The van der Waals surface area contributed by atoms with Crippen LogP contribution in [0.2, 0.25) is 0 Å². The van der Waals surface area contributed by atoms with Crippen LogP contribution < -0.4 is 5.73 Å². The lowest BCUT2D eigenvalue weighted by atomic mass is 9.97. The Balaban J connectivity index is 2.30. The highest BCUT2D eigenvalue weighted by molar-refractivity contribution is 5.02. The van der Waals surface area contributed by atoms with Crippen LogP contribution >= 0.6 is 0 Å². The highest BCUT2D eigenvalue weighted by atomic mass is 14.5. The Morgan fingerprint density at radius 3 is 1.62 bits per heavy atom. The highest BCUT2D eigenvalue weighted by Crippen LogP contribution is 2.20. The van der Waals surface area contributed by atoms with E-state index < -0.39 is 0 Å². The molecule has 0 aliphatic heterocycles. The minimum atomic E-state index is 0.809. The molecular weight excluding hydrogens is 194 g/mol. The van der Waals surface area contributed by atoms with Crippen molar-refractivity contribution in [2.24, 2.45) is 5.73 Å².